The molecule has 0 fully saturated rings. The summed E-state index contributed by atoms with van der Waals surface area (Å²) in [6.45, 7) is 7.45. The van der Waals surface area contributed by atoms with Crippen molar-refractivity contribution in [3.05, 3.63) is 0 Å². The molecule has 0 spiro atoms. The van der Waals surface area contributed by atoms with E-state index in [9.17, 15) is 0 Å². The lowest BCUT2D eigenvalue weighted by molar-refractivity contribution is 0.727. The van der Waals surface area contributed by atoms with Crippen molar-refractivity contribution in [2.24, 2.45) is 11.1 Å². The second-order valence-electron chi connectivity index (χ2n) is 3.73. The van der Waals surface area contributed by atoms with Crippen molar-refractivity contribution in [1.29, 1.82) is 0 Å². The van der Waals surface area contributed by atoms with Gasteiger partial charge < -0.3 is 16.1 Å². The molecule has 0 amide bonds. The highest BCUT2D eigenvalue weighted by Crippen LogP contribution is 2.08. The largest absolute Gasteiger partial charge is 0.338 e. The van der Waals surface area contributed by atoms with Gasteiger partial charge in [-0.25, -0.2) is 0 Å². The standard InChI is InChI=1S/C9H25N3Si/c1-4-7-12-13(11,8-5-2)9(10)6-3/h9,12H,4-8,10-11H2,1-3H3. The molecule has 0 rings (SSSR count). The molecule has 0 aromatic rings. The van der Waals surface area contributed by atoms with Crippen LogP contribution in [0, 0.1) is 0 Å². The summed E-state index contributed by atoms with van der Waals surface area (Å²) in [6.07, 6.45) is 3.25. The molecule has 0 aliphatic heterocycles. The first kappa shape index (κ1) is 13.1. The molecule has 2 unspecified atom stereocenters. The minimum absolute atomic E-state index is 0.194. The van der Waals surface area contributed by atoms with E-state index < -0.39 is 8.40 Å². The van der Waals surface area contributed by atoms with Crippen LogP contribution in [0.5, 0.6) is 0 Å². The molecule has 0 aromatic carbocycles. The van der Waals surface area contributed by atoms with Gasteiger partial charge in [-0.3, -0.25) is 0 Å². The molecule has 0 bridgehead atoms. The van der Waals surface area contributed by atoms with E-state index in [2.05, 4.69) is 25.8 Å². The van der Waals surface area contributed by atoms with Crippen molar-refractivity contribution >= 4 is 8.40 Å². The number of nitrogens with two attached hydrogens (primary N) is 2. The quantitative estimate of drug-likeness (QED) is 0.542. The molecule has 5 N–H and O–H groups in total. The molecule has 0 heterocycles. The number of rotatable bonds is 7. The molecule has 80 valence electrons. The minimum Gasteiger partial charge on any atom is -0.338 e. The summed E-state index contributed by atoms with van der Waals surface area (Å²) in [5, 5.41) is 6.35. The fourth-order valence-electron chi connectivity index (χ4n) is 1.54. The van der Waals surface area contributed by atoms with Crippen molar-refractivity contribution in [2.75, 3.05) is 6.54 Å². The third-order valence-electron chi connectivity index (χ3n) is 2.47. The molecule has 0 saturated heterocycles. The monoisotopic (exact) mass is 203 g/mol. The average Bonchev–Trinajstić information content (AvgIpc) is 2.14. The first-order chi connectivity index (χ1) is 6.10. The van der Waals surface area contributed by atoms with Crippen molar-refractivity contribution in [3.63, 3.8) is 0 Å². The van der Waals surface area contributed by atoms with E-state index in [1.807, 2.05) is 0 Å². The predicted octanol–water partition coefficient (Wildman–Crippen LogP) is 1.07. The second-order valence-corrected chi connectivity index (χ2v) is 7.41. The third kappa shape index (κ3) is 4.22. The molecule has 0 aliphatic carbocycles. The van der Waals surface area contributed by atoms with Gasteiger partial charge in [-0.2, -0.15) is 0 Å². The summed E-state index contributed by atoms with van der Waals surface area (Å²) in [5.74, 6) is 0. The van der Waals surface area contributed by atoms with Crippen LogP contribution in [-0.2, 0) is 0 Å². The third-order valence-corrected chi connectivity index (χ3v) is 6.44. The lowest BCUT2D eigenvalue weighted by Gasteiger charge is -2.32. The van der Waals surface area contributed by atoms with Crippen LogP contribution >= 0.6 is 0 Å². The van der Waals surface area contributed by atoms with Crippen molar-refractivity contribution in [3.8, 4) is 0 Å². The van der Waals surface area contributed by atoms with Crippen LogP contribution in [0.25, 0.3) is 0 Å². The van der Waals surface area contributed by atoms with Gasteiger partial charge in [0.15, 0.2) is 0 Å². The van der Waals surface area contributed by atoms with Crippen LogP contribution in [0.4, 0.5) is 0 Å². The lowest BCUT2D eigenvalue weighted by Crippen LogP contribution is -2.70. The summed E-state index contributed by atoms with van der Waals surface area (Å²) >= 11 is 0. The number of nitrogens with one attached hydrogen (secondary N) is 1. The minimum atomic E-state index is -1.85. The van der Waals surface area contributed by atoms with Crippen LogP contribution < -0.4 is 16.1 Å². The van der Waals surface area contributed by atoms with E-state index in [-0.39, 0.29) is 5.67 Å². The Hall–Kier alpha value is 0.0969. The fourth-order valence-corrected chi connectivity index (χ4v) is 4.62. The van der Waals surface area contributed by atoms with E-state index in [4.69, 9.17) is 11.1 Å². The maximum atomic E-state index is 6.35. The highest BCUT2D eigenvalue weighted by atomic mass is 28.3. The van der Waals surface area contributed by atoms with E-state index in [1.54, 1.807) is 0 Å². The molecular formula is C9H25N3Si. The molecule has 2 atom stereocenters. The SMILES string of the molecule is CCCN[Si](N)(CCC)C(N)CC. The first-order valence-electron chi connectivity index (χ1n) is 5.40. The van der Waals surface area contributed by atoms with Gasteiger partial charge in [0.25, 0.3) is 0 Å². The maximum Gasteiger partial charge on any atom is 0.215 e. The summed E-state index contributed by atoms with van der Waals surface area (Å²) in [7, 11) is -1.85. The average molecular weight is 203 g/mol. The van der Waals surface area contributed by atoms with Crippen molar-refractivity contribution in [1.82, 2.24) is 4.98 Å². The van der Waals surface area contributed by atoms with Crippen LogP contribution in [0.3, 0.4) is 0 Å². The Bertz CT molecular complexity index is 132. The van der Waals surface area contributed by atoms with Crippen LogP contribution in [-0.4, -0.2) is 20.6 Å². The molecular weight excluding hydrogens is 178 g/mol. The topological polar surface area (TPSA) is 64.1 Å². The zero-order chi connectivity index (χ0) is 10.3. The van der Waals surface area contributed by atoms with Gasteiger partial charge in [-0.15, -0.1) is 0 Å². The van der Waals surface area contributed by atoms with E-state index >= 15 is 0 Å². The maximum absolute atomic E-state index is 6.35. The molecule has 13 heavy (non-hydrogen) atoms. The van der Waals surface area contributed by atoms with Gasteiger partial charge in [-0.1, -0.05) is 27.2 Å². The van der Waals surface area contributed by atoms with Gasteiger partial charge in [0.2, 0.25) is 8.40 Å². The van der Waals surface area contributed by atoms with Gasteiger partial charge in [0.1, 0.15) is 0 Å². The van der Waals surface area contributed by atoms with E-state index in [1.165, 1.54) is 0 Å². The smallest absolute Gasteiger partial charge is 0.215 e. The highest BCUT2D eigenvalue weighted by molar-refractivity contribution is 6.75. The molecule has 3 nitrogen and oxygen atoms in total. The zero-order valence-electron chi connectivity index (χ0n) is 9.27. The van der Waals surface area contributed by atoms with E-state index in [0.29, 0.717) is 0 Å². The normalized spacial score (nSPS) is 18.2. The van der Waals surface area contributed by atoms with Gasteiger partial charge >= 0.3 is 0 Å². The Labute approximate surface area is 83.4 Å². The summed E-state index contributed by atoms with van der Waals surface area (Å²) in [5.41, 5.74) is 6.25. The Morgan fingerprint density at radius 1 is 1.23 bits per heavy atom. The lowest BCUT2D eigenvalue weighted by atomic mass is 10.5. The molecule has 0 saturated carbocycles. The number of hydrogen-bond donors (Lipinski definition) is 3. The highest BCUT2D eigenvalue weighted by Gasteiger charge is 2.33. The van der Waals surface area contributed by atoms with Gasteiger partial charge in [0, 0.05) is 5.67 Å². The van der Waals surface area contributed by atoms with Crippen LogP contribution in [0.15, 0.2) is 0 Å². The summed E-state index contributed by atoms with van der Waals surface area (Å²) < 4.78 is 0. The van der Waals surface area contributed by atoms with Gasteiger partial charge in [0.05, 0.1) is 0 Å². The van der Waals surface area contributed by atoms with Crippen LogP contribution in [0.2, 0.25) is 6.04 Å². The Morgan fingerprint density at radius 2 is 1.85 bits per heavy atom. The zero-order valence-corrected chi connectivity index (χ0v) is 10.3. The fraction of sp³-hybridized carbons (Fsp3) is 1.00. The predicted molar refractivity (Wildman–Crippen MR) is 61.6 cm³/mol. The molecule has 0 aliphatic rings. The summed E-state index contributed by atoms with van der Waals surface area (Å²) in [4.78, 5) is 3.49. The van der Waals surface area contributed by atoms with Crippen molar-refractivity contribution in [2.45, 2.75) is 51.7 Å². The Kier molecular flexibility index (Phi) is 6.58. The first-order valence-corrected chi connectivity index (χ1v) is 7.76. The second kappa shape index (κ2) is 6.54. The Balaban J connectivity index is 4.14. The summed E-state index contributed by atoms with van der Waals surface area (Å²) in [6, 6.07) is 1.09. The molecule has 0 radical (unpaired) electrons. The van der Waals surface area contributed by atoms with Gasteiger partial charge in [-0.05, 0) is 25.4 Å². The van der Waals surface area contributed by atoms with E-state index in [0.717, 1.165) is 31.9 Å². The van der Waals surface area contributed by atoms with Crippen molar-refractivity contribution < 1.29 is 0 Å². The number of hydrogen-bond acceptors (Lipinski definition) is 3. The van der Waals surface area contributed by atoms with Crippen LogP contribution in [0.1, 0.15) is 40.0 Å². The Morgan fingerprint density at radius 3 is 2.23 bits per heavy atom. The molecule has 4 heteroatoms. The molecule has 0 aromatic heterocycles.